The summed E-state index contributed by atoms with van der Waals surface area (Å²) in [7, 11) is 1.64. The summed E-state index contributed by atoms with van der Waals surface area (Å²) in [6, 6.07) is 17.1. The van der Waals surface area contributed by atoms with Crippen LogP contribution in [0.2, 0.25) is 0 Å². The molecule has 0 saturated heterocycles. The van der Waals surface area contributed by atoms with Gasteiger partial charge in [-0.05, 0) is 67.0 Å². The van der Waals surface area contributed by atoms with E-state index in [1.807, 2.05) is 54.6 Å². The maximum absolute atomic E-state index is 12.9. The lowest BCUT2D eigenvalue weighted by Crippen LogP contribution is -2.36. The zero-order valence-corrected chi connectivity index (χ0v) is 19.6. The largest absolute Gasteiger partial charge is 0.497 e. The molecule has 2 aromatic rings. The molecule has 32 heavy (non-hydrogen) atoms. The lowest BCUT2D eigenvalue weighted by Gasteiger charge is -2.36. The van der Waals surface area contributed by atoms with Gasteiger partial charge in [0.15, 0.2) is 0 Å². The van der Waals surface area contributed by atoms with Gasteiger partial charge in [-0.1, -0.05) is 57.2 Å². The van der Waals surface area contributed by atoms with Gasteiger partial charge in [-0.15, -0.1) is 0 Å². The molecule has 1 fully saturated rings. The number of benzene rings is 2. The number of anilines is 1. The lowest BCUT2D eigenvalue weighted by molar-refractivity contribution is -0.155. The molecule has 1 saturated carbocycles. The van der Waals surface area contributed by atoms with Gasteiger partial charge in [-0.2, -0.15) is 0 Å². The Morgan fingerprint density at radius 3 is 2.47 bits per heavy atom. The van der Waals surface area contributed by atoms with E-state index >= 15 is 0 Å². The smallest absolute Gasteiger partial charge is 0.309 e. The van der Waals surface area contributed by atoms with Crippen LogP contribution in [-0.2, 0) is 9.53 Å². The van der Waals surface area contributed by atoms with Gasteiger partial charge in [0.1, 0.15) is 11.9 Å². The van der Waals surface area contributed by atoms with Gasteiger partial charge in [-0.25, -0.2) is 0 Å². The highest BCUT2D eigenvalue weighted by Crippen LogP contribution is 2.35. The highest BCUT2D eigenvalue weighted by atomic mass is 16.5. The molecule has 4 nitrogen and oxygen atoms in total. The molecule has 4 heteroatoms. The van der Waals surface area contributed by atoms with E-state index in [0.717, 1.165) is 29.8 Å². The Labute approximate surface area is 192 Å². The summed E-state index contributed by atoms with van der Waals surface area (Å²) >= 11 is 0. The zero-order valence-electron chi connectivity index (χ0n) is 19.6. The normalized spacial score (nSPS) is 21.2. The molecule has 1 aliphatic rings. The van der Waals surface area contributed by atoms with E-state index in [4.69, 9.17) is 9.47 Å². The minimum absolute atomic E-state index is 0.00466. The molecule has 3 rings (SSSR count). The average Bonchev–Trinajstić information content (AvgIpc) is 2.78. The summed E-state index contributed by atoms with van der Waals surface area (Å²) in [5, 5.41) is 3.38. The molecule has 0 spiro atoms. The molecule has 2 aromatic carbocycles. The van der Waals surface area contributed by atoms with Crippen LogP contribution in [0.5, 0.6) is 5.75 Å². The number of hydrogen-bond donors (Lipinski definition) is 1. The quantitative estimate of drug-likeness (QED) is 0.435. The Balaban J connectivity index is 1.71. The van der Waals surface area contributed by atoms with Crippen LogP contribution in [0.4, 0.5) is 5.69 Å². The van der Waals surface area contributed by atoms with Crippen LogP contribution in [0, 0.1) is 29.6 Å². The second kappa shape index (κ2) is 11.6. The van der Waals surface area contributed by atoms with E-state index < -0.39 is 0 Å². The van der Waals surface area contributed by atoms with Crippen LogP contribution in [0.15, 0.2) is 54.6 Å². The number of ether oxygens (including phenoxy) is 2. The van der Waals surface area contributed by atoms with Crippen molar-refractivity contribution in [2.45, 2.75) is 58.6 Å². The summed E-state index contributed by atoms with van der Waals surface area (Å²) < 4.78 is 11.3. The van der Waals surface area contributed by atoms with Gasteiger partial charge in [-0.3, -0.25) is 4.79 Å². The van der Waals surface area contributed by atoms with Crippen LogP contribution < -0.4 is 10.1 Å². The van der Waals surface area contributed by atoms with Gasteiger partial charge in [0.25, 0.3) is 0 Å². The molecule has 0 heterocycles. The minimum Gasteiger partial charge on any atom is -0.497 e. The number of carbonyl (C=O) groups is 1. The number of hydrogen-bond acceptors (Lipinski definition) is 4. The summed E-state index contributed by atoms with van der Waals surface area (Å²) in [5.74, 6) is 8.54. The van der Waals surface area contributed by atoms with E-state index in [2.05, 4.69) is 37.9 Å². The summed E-state index contributed by atoms with van der Waals surface area (Å²) in [6.07, 6.45) is 3.47. The maximum atomic E-state index is 12.9. The van der Waals surface area contributed by atoms with Crippen molar-refractivity contribution in [2.75, 3.05) is 12.4 Å². The molecular weight excluding hydrogens is 398 g/mol. The van der Waals surface area contributed by atoms with Crippen LogP contribution in [0.1, 0.15) is 52.0 Å². The first kappa shape index (κ1) is 23.7. The fraction of sp³-hybridized carbons (Fsp3) is 0.464. The first-order chi connectivity index (χ1) is 15.4. The standard InChI is InChI=1S/C28H35NO3/c1-20(2)26-17-10-21(3)18-27(26)32-28(30)19-24(12-11-22-8-6-5-7-9-22)29-23-13-15-25(31-4)16-14-23/h5-9,13-16,20-21,24,26-27,29H,10,17-19H2,1-4H3/t21-,24?,26+,27-/m1/s1. The Bertz CT molecular complexity index is 911. The van der Waals surface area contributed by atoms with Crippen LogP contribution in [0.3, 0.4) is 0 Å². The molecule has 170 valence electrons. The molecule has 1 aliphatic carbocycles. The van der Waals surface area contributed by atoms with E-state index in [1.54, 1.807) is 7.11 Å². The van der Waals surface area contributed by atoms with Crippen molar-refractivity contribution in [1.82, 2.24) is 0 Å². The van der Waals surface area contributed by atoms with Crippen molar-refractivity contribution in [2.24, 2.45) is 17.8 Å². The van der Waals surface area contributed by atoms with Crippen molar-refractivity contribution in [1.29, 1.82) is 0 Å². The first-order valence-electron chi connectivity index (χ1n) is 11.6. The third-order valence-electron chi connectivity index (χ3n) is 6.21. The summed E-state index contributed by atoms with van der Waals surface area (Å²) in [4.78, 5) is 12.9. The Morgan fingerprint density at radius 1 is 1.09 bits per heavy atom. The fourth-order valence-electron chi connectivity index (χ4n) is 4.35. The predicted molar refractivity (Wildman–Crippen MR) is 130 cm³/mol. The molecule has 0 radical (unpaired) electrons. The highest BCUT2D eigenvalue weighted by Gasteiger charge is 2.33. The molecule has 1 N–H and O–H groups in total. The van der Waals surface area contributed by atoms with Gasteiger partial charge in [0.2, 0.25) is 0 Å². The summed E-state index contributed by atoms with van der Waals surface area (Å²) in [6.45, 7) is 6.69. The van der Waals surface area contributed by atoms with Crippen molar-refractivity contribution in [3.63, 3.8) is 0 Å². The average molecular weight is 434 g/mol. The molecule has 0 bridgehead atoms. The van der Waals surface area contributed by atoms with Gasteiger partial charge in [0, 0.05) is 11.3 Å². The molecule has 0 aromatic heterocycles. The molecule has 0 aliphatic heterocycles. The van der Waals surface area contributed by atoms with Crippen molar-refractivity contribution in [3.05, 3.63) is 60.2 Å². The highest BCUT2D eigenvalue weighted by molar-refractivity contribution is 5.72. The first-order valence-corrected chi connectivity index (χ1v) is 11.6. The van der Waals surface area contributed by atoms with Crippen LogP contribution in [-0.4, -0.2) is 25.2 Å². The second-order valence-electron chi connectivity index (χ2n) is 9.12. The van der Waals surface area contributed by atoms with Gasteiger partial charge >= 0.3 is 5.97 Å². The number of esters is 1. The number of methoxy groups -OCH3 is 1. The second-order valence-corrected chi connectivity index (χ2v) is 9.12. The number of nitrogens with one attached hydrogen (secondary N) is 1. The van der Waals surface area contributed by atoms with Gasteiger partial charge < -0.3 is 14.8 Å². The van der Waals surface area contributed by atoms with E-state index in [0.29, 0.717) is 17.8 Å². The SMILES string of the molecule is COc1ccc(NC(C#Cc2ccccc2)CC(=O)O[C@@H]2C[C@H](C)CC[C@H]2C(C)C)cc1. The van der Waals surface area contributed by atoms with Crippen molar-refractivity contribution >= 4 is 11.7 Å². The van der Waals surface area contributed by atoms with Crippen LogP contribution >= 0.6 is 0 Å². The van der Waals surface area contributed by atoms with Gasteiger partial charge in [0.05, 0.1) is 19.6 Å². The predicted octanol–water partition coefficient (Wildman–Crippen LogP) is 5.92. The molecule has 0 amide bonds. The Hall–Kier alpha value is -2.93. The van der Waals surface area contributed by atoms with E-state index in [-0.39, 0.29) is 24.5 Å². The van der Waals surface area contributed by atoms with Crippen LogP contribution in [0.25, 0.3) is 0 Å². The minimum atomic E-state index is -0.352. The lowest BCUT2D eigenvalue weighted by atomic mass is 9.75. The molecular formula is C28H35NO3. The number of carbonyl (C=O) groups excluding carboxylic acids is 1. The van der Waals surface area contributed by atoms with E-state index in [9.17, 15) is 4.79 Å². The topological polar surface area (TPSA) is 47.6 Å². The maximum Gasteiger partial charge on any atom is 0.309 e. The number of rotatable bonds is 7. The third-order valence-corrected chi connectivity index (χ3v) is 6.21. The molecule has 4 atom stereocenters. The van der Waals surface area contributed by atoms with Crippen molar-refractivity contribution in [3.8, 4) is 17.6 Å². The summed E-state index contributed by atoms with van der Waals surface area (Å²) in [5.41, 5.74) is 1.81. The fourth-order valence-corrected chi connectivity index (χ4v) is 4.35. The zero-order chi connectivity index (χ0) is 22.9. The third kappa shape index (κ3) is 7.05. The monoisotopic (exact) mass is 433 g/mol. The Kier molecular flexibility index (Phi) is 8.62. The Morgan fingerprint density at radius 2 is 1.81 bits per heavy atom. The molecule has 1 unspecified atom stereocenters. The van der Waals surface area contributed by atoms with Crippen molar-refractivity contribution < 1.29 is 14.3 Å². The van der Waals surface area contributed by atoms with E-state index in [1.165, 1.54) is 6.42 Å².